The molecule has 1 aromatic carbocycles. The Morgan fingerprint density at radius 2 is 1.94 bits per heavy atom. The molecule has 0 unspecified atom stereocenters. The molecule has 0 saturated carbocycles. The summed E-state index contributed by atoms with van der Waals surface area (Å²) in [4.78, 5) is 12.3. The maximum absolute atomic E-state index is 12.3. The summed E-state index contributed by atoms with van der Waals surface area (Å²) in [5, 5.41) is 1.94. The van der Waals surface area contributed by atoms with Gasteiger partial charge in [-0.15, -0.1) is 0 Å². The van der Waals surface area contributed by atoms with Crippen LogP contribution < -0.4 is 5.56 Å². The third-order valence-corrected chi connectivity index (χ3v) is 3.42. The first kappa shape index (κ1) is 9.64. The minimum Gasteiger partial charge on any atom is -0.312 e. The largest absolute Gasteiger partial charge is 0.312 e. The van der Waals surface area contributed by atoms with Crippen LogP contribution in [-0.4, -0.2) is 4.57 Å². The first-order valence-electron chi connectivity index (χ1n) is 5.98. The Kier molecular flexibility index (Phi) is 2.28. The summed E-state index contributed by atoms with van der Waals surface area (Å²) in [6.45, 7) is 0.888. The zero-order valence-corrected chi connectivity index (χ0v) is 9.28. The number of benzene rings is 1. The van der Waals surface area contributed by atoms with Gasteiger partial charge in [-0.1, -0.05) is 24.6 Å². The maximum Gasteiger partial charge on any atom is 0.258 e. The van der Waals surface area contributed by atoms with Crippen LogP contribution in [0.4, 0.5) is 0 Å². The highest BCUT2D eigenvalue weighted by Crippen LogP contribution is 2.17. The van der Waals surface area contributed by atoms with Gasteiger partial charge in [-0.05, 0) is 36.8 Å². The van der Waals surface area contributed by atoms with Crippen molar-refractivity contribution >= 4 is 10.8 Å². The molecule has 3 rings (SSSR count). The summed E-state index contributed by atoms with van der Waals surface area (Å²) in [7, 11) is 0. The molecule has 0 amide bonds. The van der Waals surface area contributed by atoms with Gasteiger partial charge in [-0.25, -0.2) is 0 Å². The Bertz CT molecular complexity index is 583. The lowest BCUT2D eigenvalue weighted by Crippen LogP contribution is -2.22. The van der Waals surface area contributed by atoms with Crippen LogP contribution in [0.25, 0.3) is 10.8 Å². The van der Waals surface area contributed by atoms with Crippen LogP contribution in [0.5, 0.6) is 0 Å². The average Bonchev–Trinajstić information content (AvgIpc) is 2.55. The Balaban J connectivity index is 2.34. The summed E-state index contributed by atoms with van der Waals surface area (Å²) in [6.07, 6.45) is 4.61. The van der Waals surface area contributed by atoms with Gasteiger partial charge in [0.2, 0.25) is 0 Å². The Labute approximate surface area is 94.5 Å². The number of hydrogen-bond donors (Lipinski definition) is 0. The van der Waals surface area contributed by atoms with Crippen LogP contribution in [0.1, 0.15) is 25.0 Å². The van der Waals surface area contributed by atoms with E-state index >= 15 is 0 Å². The normalized spacial score (nSPS) is 15.8. The molecule has 0 N–H and O–H groups in total. The molecule has 2 aromatic rings. The average molecular weight is 213 g/mol. The highest BCUT2D eigenvalue weighted by molar-refractivity contribution is 5.81. The molecule has 82 valence electrons. The predicted molar refractivity (Wildman–Crippen MR) is 65.8 cm³/mol. The molecule has 0 spiro atoms. The molecular weight excluding hydrogens is 198 g/mol. The summed E-state index contributed by atoms with van der Waals surface area (Å²) in [5.41, 5.74) is 1.40. The van der Waals surface area contributed by atoms with E-state index in [2.05, 4.69) is 6.07 Å². The molecule has 0 atom stereocenters. The number of fused-ring (bicyclic) bond motifs is 2. The van der Waals surface area contributed by atoms with Crippen molar-refractivity contribution in [1.82, 2.24) is 4.57 Å². The van der Waals surface area contributed by atoms with Crippen molar-refractivity contribution < 1.29 is 0 Å². The van der Waals surface area contributed by atoms with E-state index in [0.29, 0.717) is 0 Å². The topological polar surface area (TPSA) is 22.0 Å². The Morgan fingerprint density at radius 1 is 1.06 bits per heavy atom. The van der Waals surface area contributed by atoms with Crippen molar-refractivity contribution in [2.45, 2.75) is 32.2 Å². The second-order valence-corrected chi connectivity index (χ2v) is 4.49. The van der Waals surface area contributed by atoms with Crippen LogP contribution in [-0.2, 0) is 13.0 Å². The number of hydrogen-bond acceptors (Lipinski definition) is 1. The number of pyridine rings is 1. The van der Waals surface area contributed by atoms with Crippen LogP contribution in [0, 0.1) is 0 Å². The number of rotatable bonds is 0. The lowest BCUT2D eigenvalue weighted by Gasteiger charge is -2.10. The van der Waals surface area contributed by atoms with Crippen molar-refractivity contribution in [3.8, 4) is 0 Å². The molecule has 2 heterocycles. The highest BCUT2D eigenvalue weighted by atomic mass is 16.1. The maximum atomic E-state index is 12.3. The fourth-order valence-corrected chi connectivity index (χ4v) is 2.56. The molecule has 0 bridgehead atoms. The number of aromatic nitrogens is 1. The van der Waals surface area contributed by atoms with Crippen molar-refractivity contribution in [3.05, 3.63) is 46.4 Å². The highest BCUT2D eigenvalue weighted by Gasteiger charge is 2.11. The van der Waals surface area contributed by atoms with E-state index < -0.39 is 0 Å². The van der Waals surface area contributed by atoms with Crippen molar-refractivity contribution in [2.24, 2.45) is 0 Å². The first-order chi connectivity index (χ1) is 7.86. The zero-order valence-electron chi connectivity index (χ0n) is 9.28. The summed E-state index contributed by atoms with van der Waals surface area (Å²) in [5.74, 6) is 0. The summed E-state index contributed by atoms with van der Waals surface area (Å²) >= 11 is 0. The molecule has 0 aliphatic carbocycles. The molecule has 16 heavy (non-hydrogen) atoms. The Hall–Kier alpha value is -1.57. The van der Waals surface area contributed by atoms with Crippen molar-refractivity contribution in [2.75, 3.05) is 0 Å². The van der Waals surface area contributed by atoms with Crippen molar-refractivity contribution in [3.63, 3.8) is 0 Å². The predicted octanol–water partition coefficient (Wildman–Crippen LogP) is 2.73. The van der Waals surface area contributed by atoms with Gasteiger partial charge in [0, 0.05) is 17.6 Å². The summed E-state index contributed by atoms with van der Waals surface area (Å²) in [6, 6.07) is 10.1. The lowest BCUT2D eigenvalue weighted by atomic mass is 10.1. The van der Waals surface area contributed by atoms with Gasteiger partial charge in [0.1, 0.15) is 0 Å². The zero-order chi connectivity index (χ0) is 11.0. The second kappa shape index (κ2) is 3.78. The number of aryl methyl sites for hydroxylation is 1. The minimum atomic E-state index is 0.190. The van der Waals surface area contributed by atoms with Crippen LogP contribution >= 0.6 is 0 Å². The monoisotopic (exact) mass is 213 g/mol. The quantitative estimate of drug-likeness (QED) is 0.659. The lowest BCUT2D eigenvalue weighted by molar-refractivity contribution is 0.621. The molecule has 2 heteroatoms. The smallest absolute Gasteiger partial charge is 0.258 e. The van der Waals surface area contributed by atoms with E-state index in [9.17, 15) is 4.79 Å². The van der Waals surface area contributed by atoms with Crippen molar-refractivity contribution in [1.29, 1.82) is 0 Å². The fourth-order valence-electron chi connectivity index (χ4n) is 2.56. The van der Waals surface area contributed by atoms with Crippen LogP contribution in [0.15, 0.2) is 35.1 Å². The molecule has 1 aromatic heterocycles. The first-order valence-corrected chi connectivity index (χ1v) is 5.98. The van der Waals surface area contributed by atoms with Gasteiger partial charge in [0.25, 0.3) is 5.56 Å². The van der Waals surface area contributed by atoms with Crippen LogP contribution in [0.3, 0.4) is 0 Å². The Morgan fingerprint density at radius 3 is 2.88 bits per heavy atom. The van der Waals surface area contributed by atoms with Gasteiger partial charge in [-0.2, -0.15) is 0 Å². The van der Waals surface area contributed by atoms with Gasteiger partial charge in [-0.3, -0.25) is 4.79 Å². The molecule has 1 aliphatic heterocycles. The minimum absolute atomic E-state index is 0.190. The van der Waals surface area contributed by atoms with Gasteiger partial charge >= 0.3 is 0 Å². The fraction of sp³-hybridized carbons (Fsp3) is 0.357. The standard InChI is InChI=1S/C14H15NO/c16-14-13-8-4-3-6-11(13)10-12-7-2-1-5-9-15(12)14/h3-4,6,8,10H,1-2,5,7,9H2. The van der Waals surface area contributed by atoms with E-state index in [1.165, 1.54) is 18.5 Å². The van der Waals surface area contributed by atoms with Gasteiger partial charge < -0.3 is 4.57 Å². The van der Waals surface area contributed by atoms with E-state index in [1.807, 2.05) is 28.8 Å². The molecule has 1 aliphatic rings. The number of nitrogens with zero attached hydrogens (tertiary/aromatic N) is 1. The van der Waals surface area contributed by atoms with Gasteiger partial charge in [0.15, 0.2) is 0 Å². The van der Waals surface area contributed by atoms with E-state index in [0.717, 1.165) is 30.2 Å². The van der Waals surface area contributed by atoms with Gasteiger partial charge in [0.05, 0.1) is 0 Å². The molecule has 0 radical (unpaired) electrons. The third-order valence-electron chi connectivity index (χ3n) is 3.42. The van der Waals surface area contributed by atoms with Crippen LogP contribution in [0.2, 0.25) is 0 Å². The SMILES string of the molecule is O=c1c2ccccc2cc2n1CCCCC2. The molecular formula is C14H15NO. The van der Waals surface area contributed by atoms with E-state index in [4.69, 9.17) is 0 Å². The molecule has 2 nitrogen and oxygen atoms in total. The van der Waals surface area contributed by atoms with E-state index in [-0.39, 0.29) is 5.56 Å². The molecule has 0 saturated heterocycles. The second-order valence-electron chi connectivity index (χ2n) is 4.49. The summed E-state index contributed by atoms with van der Waals surface area (Å²) < 4.78 is 1.97. The van der Waals surface area contributed by atoms with E-state index in [1.54, 1.807) is 0 Å². The third kappa shape index (κ3) is 1.45. The molecule has 0 fully saturated rings.